The number of hydrogen-bond acceptors (Lipinski definition) is 4. The van der Waals surface area contributed by atoms with Crippen LogP contribution in [0.2, 0.25) is 0 Å². The van der Waals surface area contributed by atoms with Gasteiger partial charge >= 0.3 is 5.97 Å². The number of benzene rings is 2. The number of carbonyl (C=O) groups excluding carboxylic acids is 3. The van der Waals surface area contributed by atoms with E-state index in [-0.39, 0.29) is 24.0 Å². The van der Waals surface area contributed by atoms with Crippen LogP contribution in [-0.2, 0) is 20.9 Å². The third kappa shape index (κ3) is 5.57. The molecule has 6 heteroatoms. The van der Waals surface area contributed by atoms with Gasteiger partial charge < -0.3 is 15.4 Å². The fourth-order valence-electron chi connectivity index (χ4n) is 1.99. The van der Waals surface area contributed by atoms with Gasteiger partial charge in [-0.2, -0.15) is 0 Å². The van der Waals surface area contributed by atoms with Crippen molar-refractivity contribution in [3.63, 3.8) is 0 Å². The first kappa shape index (κ1) is 17.2. The highest BCUT2D eigenvalue weighted by Gasteiger charge is 2.11. The van der Waals surface area contributed by atoms with Crippen molar-refractivity contribution in [1.29, 1.82) is 0 Å². The maximum atomic E-state index is 11.9. The minimum absolute atomic E-state index is 0.235. The summed E-state index contributed by atoms with van der Waals surface area (Å²) in [5.41, 5.74) is 1.71. The smallest absolute Gasteiger partial charge is 0.338 e. The molecule has 2 rings (SSSR count). The van der Waals surface area contributed by atoms with Crippen LogP contribution >= 0.6 is 0 Å². The monoisotopic (exact) mass is 326 g/mol. The predicted octanol–water partition coefficient (Wildman–Crippen LogP) is 2.12. The third-order valence-electron chi connectivity index (χ3n) is 3.09. The van der Waals surface area contributed by atoms with Gasteiger partial charge in [-0.1, -0.05) is 36.4 Å². The van der Waals surface area contributed by atoms with Crippen LogP contribution in [-0.4, -0.2) is 24.4 Å². The second-order valence-corrected chi connectivity index (χ2v) is 5.10. The molecular formula is C18H18N2O4. The van der Waals surface area contributed by atoms with E-state index in [1.165, 1.54) is 13.0 Å². The second kappa shape index (κ2) is 8.47. The number of anilines is 1. The van der Waals surface area contributed by atoms with Crippen molar-refractivity contribution in [2.24, 2.45) is 0 Å². The van der Waals surface area contributed by atoms with Crippen LogP contribution in [0.15, 0.2) is 54.6 Å². The van der Waals surface area contributed by atoms with Crippen LogP contribution in [0.5, 0.6) is 0 Å². The first-order chi connectivity index (χ1) is 11.5. The zero-order chi connectivity index (χ0) is 17.4. The summed E-state index contributed by atoms with van der Waals surface area (Å²) < 4.78 is 4.97. The molecule has 0 aromatic heterocycles. The van der Waals surface area contributed by atoms with E-state index in [1.54, 1.807) is 18.2 Å². The molecule has 0 atom stereocenters. The number of nitrogens with one attached hydrogen (secondary N) is 2. The molecule has 0 aliphatic rings. The van der Waals surface area contributed by atoms with Crippen molar-refractivity contribution in [2.75, 3.05) is 11.9 Å². The Morgan fingerprint density at radius 1 is 1.00 bits per heavy atom. The Kier molecular flexibility index (Phi) is 6.08. The largest absolute Gasteiger partial charge is 0.452 e. The predicted molar refractivity (Wildman–Crippen MR) is 89.3 cm³/mol. The SMILES string of the molecule is CC(=O)Nc1cccc(C(=O)OCC(=O)NCc2ccccc2)c1. The number of rotatable bonds is 6. The van der Waals surface area contributed by atoms with Crippen molar-refractivity contribution in [2.45, 2.75) is 13.5 Å². The zero-order valence-corrected chi connectivity index (χ0v) is 13.2. The van der Waals surface area contributed by atoms with Crippen molar-refractivity contribution >= 4 is 23.5 Å². The average molecular weight is 326 g/mol. The summed E-state index contributed by atoms with van der Waals surface area (Å²) in [5, 5.41) is 5.25. The summed E-state index contributed by atoms with van der Waals surface area (Å²) in [7, 11) is 0. The zero-order valence-electron chi connectivity index (χ0n) is 13.2. The van der Waals surface area contributed by atoms with Crippen LogP contribution in [0.25, 0.3) is 0 Å². The van der Waals surface area contributed by atoms with E-state index in [0.717, 1.165) is 5.56 Å². The van der Waals surface area contributed by atoms with E-state index >= 15 is 0 Å². The van der Waals surface area contributed by atoms with Crippen molar-refractivity contribution < 1.29 is 19.1 Å². The molecule has 0 fully saturated rings. The molecule has 2 amide bonds. The minimum atomic E-state index is -0.628. The molecule has 0 spiro atoms. The van der Waals surface area contributed by atoms with Gasteiger partial charge in [-0.05, 0) is 23.8 Å². The van der Waals surface area contributed by atoms with Gasteiger partial charge in [-0.15, -0.1) is 0 Å². The molecule has 6 nitrogen and oxygen atoms in total. The van der Waals surface area contributed by atoms with E-state index in [0.29, 0.717) is 12.2 Å². The van der Waals surface area contributed by atoms with Gasteiger partial charge in [0.05, 0.1) is 5.56 Å². The quantitative estimate of drug-likeness (QED) is 0.796. The van der Waals surface area contributed by atoms with Crippen molar-refractivity contribution in [1.82, 2.24) is 5.32 Å². The summed E-state index contributed by atoms with van der Waals surface area (Å²) >= 11 is 0. The summed E-state index contributed by atoms with van der Waals surface area (Å²) in [6.45, 7) is 1.38. The van der Waals surface area contributed by atoms with Crippen LogP contribution in [0, 0.1) is 0 Å². The number of ether oxygens (including phenoxy) is 1. The van der Waals surface area contributed by atoms with Crippen molar-refractivity contribution in [3.05, 3.63) is 65.7 Å². The molecule has 2 aromatic carbocycles. The van der Waals surface area contributed by atoms with Crippen LogP contribution in [0.4, 0.5) is 5.69 Å². The molecule has 0 saturated heterocycles. The van der Waals surface area contributed by atoms with E-state index in [4.69, 9.17) is 4.74 Å². The molecule has 0 aliphatic carbocycles. The van der Waals surface area contributed by atoms with Crippen LogP contribution in [0.3, 0.4) is 0 Å². The van der Waals surface area contributed by atoms with E-state index in [9.17, 15) is 14.4 Å². The maximum Gasteiger partial charge on any atom is 0.338 e. The highest BCUT2D eigenvalue weighted by Crippen LogP contribution is 2.11. The van der Waals surface area contributed by atoms with E-state index in [1.807, 2.05) is 30.3 Å². The first-order valence-corrected chi connectivity index (χ1v) is 7.40. The summed E-state index contributed by atoms with van der Waals surface area (Å²) in [6, 6.07) is 15.7. The Balaban J connectivity index is 1.82. The van der Waals surface area contributed by atoms with E-state index in [2.05, 4.69) is 10.6 Å². The molecule has 0 unspecified atom stereocenters. The second-order valence-electron chi connectivity index (χ2n) is 5.10. The lowest BCUT2D eigenvalue weighted by atomic mass is 10.2. The van der Waals surface area contributed by atoms with Gasteiger partial charge in [0, 0.05) is 19.2 Å². The average Bonchev–Trinajstić information content (AvgIpc) is 2.58. The van der Waals surface area contributed by atoms with Gasteiger partial charge in [0.2, 0.25) is 5.91 Å². The number of amides is 2. The Hall–Kier alpha value is -3.15. The molecule has 0 saturated carbocycles. The Labute approximate surface area is 139 Å². The third-order valence-corrected chi connectivity index (χ3v) is 3.09. The highest BCUT2D eigenvalue weighted by molar-refractivity contribution is 5.94. The fraction of sp³-hybridized carbons (Fsp3) is 0.167. The highest BCUT2D eigenvalue weighted by atomic mass is 16.5. The number of carbonyl (C=O) groups is 3. The summed E-state index contributed by atoms with van der Waals surface area (Å²) in [4.78, 5) is 34.7. The molecule has 0 heterocycles. The standard InChI is InChI=1S/C18H18N2O4/c1-13(21)20-16-9-5-8-15(10-16)18(23)24-12-17(22)19-11-14-6-3-2-4-7-14/h2-10H,11-12H2,1H3,(H,19,22)(H,20,21). The minimum Gasteiger partial charge on any atom is -0.452 e. The molecule has 2 aromatic rings. The lowest BCUT2D eigenvalue weighted by molar-refractivity contribution is -0.124. The van der Waals surface area contributed by atoms with Gasteiger partial charge in [-0.25, -0.2) is 4.79 Å². The van der Waals surface area contributed by atoms with Gasteiger partial charge in [0.15, 0.2) is 6.61 Å². The normalized spacial score (nSPS) is 9.88. The number of hydrogen-bond donors (Lipinski definition) is 2. The Morgan fingerprint density at radius 2 is 1.75 bits per heavy atom. The topological polar surface area (TPSA) is 84.5 Å². The molecule has 2 N–H and O–H groups in total. The first-order valence-electron chi connectivity index (χ1n) is 7.40. The molecule has 0 bridgehead atoms. The molecule has 0 aliphatic heterocycles. The molecule has 24 heavy (non-hydrogen) atoms. The number of esters is 1. The Bertz CT molecular complexity index is 729. The lowest BCUT2D eigenvalue weighted by Gasteiger charge is -2.08. The van der Waals surface area contributed by atoms with Gasteiger partial charge in [0.25, 0.3) is 5.91 Å². The van der Waals surface area contributed by atoms with Gasteiger partial charge in [-0.3, -0.25) is 9.59 Å². The van der Waals surface area contributed by atoms with Crippen LogP contribution < -0.4 is 10.6 Å². The molecular weight excluding hydrogens is 308 g/mol. The van der Waals surface area contributed by atoms with Gasteiger partial charge in [0.1, 0.15) is 0 Å². The molecule has 124 valence electrons. The maximum absolute atomic E-state index is 11.9. The fourth-order valence-corrected chi connectivity index (χ4v) is 1.99. The summed E-state index contributed by atoms with van der Waals surface area (Å²) in [5.74, 6) is -1.25. The van der Waals surface area contributed by atoms with Crippen molar-refractivity contribution in [3.8, 4) is 0 Å². The summed E-state index contributed by atoms with van der Waals surface area (Å²) in [6.07, 6.45) is 0. The van der Waals surface area contributed by atoms with Crippen LogP contribution in [0.1, 0.15) is 22.8 Å². The van der Waals surface area contributed by atoms with E-state index < -0.39 is 5.97 Å². The molecule has 0 radical (unpaired) electrons. The Morgan fingerprint density at radius 3 is 2.46 bits per heavy atom. The lowest BCUT2D eigenvalue weighted by Crippen LogP contribution is -2.28.